The van der Waals surface area contributed by atoms with Crippen LogP contribution in [0.1, 0.15) is 42.8 Å². The summed E-state index contributed by atoms with van der Waals surface area (Å²) in [6.07, 6.45) is 1.87. The highest BCUT2D eigenvalue weighted by Crippen LogP contribution is 2.35. The van der Waals surface area contributed by atoms with Crippen LogP contribution in [-0.4, -0.2) is 13.1 Å². The number of methoxy groups -OCH3 is 1. The van der Waals surface area contributed by atoms with E-state index in [1.807, 2.05) is 51.1 Å². The van der Waals surface area contributed by atoms with E-state index >= 15 is 0 Å². The van der Waals surface area contributed by atoms with Crippen LogP contribution in [-0.2, 0) is 22.6 Å². The molecule has 168 valence electrons. The van der Waals surface area contributed by atoms with Crippen molar-refractivity contribution in [2.24, 2.45) is 5.73 Å². The van der Waals surface area contributed by atoms with Crippen molar-refractivity contribution >= 4 is 28.3 Å². The quantitative estimate of drug-likeness (QED) is 0.325. The lowest BCUT2D eigenvalue weighted by Gasteiger charge is -2.12. The van der Waals surface area contributed by atoms with E-state index in [0.29, 0.717) is 12.4 Å². The molecule has 5 nitrogen and oxygen atoms in total. The van der Waals surface area contributed by atoms with Crippen molar-refractivity contribution in [3.05, 3.63) is 76.2 Å². The van der Waals surface area contributed by atoms with Gasteiger partial charge in [0.1, 0.15) is 17.9 Å². The fourth-order valence-electron chi connectivity index (χ4n) is 3.35. The molecule has 0 aliphatic carbocycles. The van der Waals surface area contributed by atoms with Gasteiger partial charge in [-0.1, -0.05) is 32.0 Å². The SMILES string of the molecule is CC.COC(=O)Cc1ccccc1OCc1cc(-c2csc(C(C)N)c2)c2occc2c1. The number of hydrogen-bond donors (Lipinski definition) is 1. The summed E-state index contributed by atoms with van der Waals surface area (Å²) in [6.45, 7) is 6.35. The first kappa shape index (κ1) is 23.6. The van der Waals surface area contributed by atoms with Gasteiger partial charge < -0.3 is 19.6 Å². The molecule has 4 aromatic rings. The van der Waals surface area contributed by atoms with Gasteiger partial charge >= 0.3 is 5.97 Å². The van der Waals surface area contributed by atoms with Gasteiger partial charge in [-0.3, -0.25) is 4.79 Å². The summed E-state index contributed by atoms with van der Waals surface area (Å²) >= 11 is 1.65. The average Bonchev–Trinajstić information content (AvgIpc) is 3.49. The molecule has 0 amide bonds. The number of thiophene rings is 1. The first-order chi connectivity index (χ1) is 15.5. The summed E-state index contributed by atoms with van der Waals surface area (Å²) in [7, 11) is 1.38. The number of fused-ring (bicyclic) bond motifs is 1. The highest BCUT2D eigenvalue weighted by Gasteiger charge is 2.14. The molecule has 2 heterocycles. The van der Waals surface area contributed by atoms with Gasteiger partial charge in [0.25, 0.3) is 0 Å². The smallest absolute Gasteiger partial charge is 0.310 e. The minimum atomic E-state index is -0.296. The Hall–Kier alpha value is -3.09. The Morgan fingerprint density at radius 1 is 1.16 bits per heavy atom. The van der Waals surface area contributed by atoms with Gasteiger partial charge in [0, 0.05) is 27.4 Å². The summed E-state index contributed by atoms with van der Waals surface area (Å²) in [6, 6.07) is 15.7. The maximum Gasteiger partial charge on any atom is 0.310 e. The second kappa shape index (κ2) is 11.0. The van der Waals surface area contributed by atoms with Crippen LogP contribution in [0.3, 0.4) is 0 Å². The van der Waals surface area contributed by atoms with Crippen LogP contribution in [0.2, 0.25) is 0 Å². The summed E-state index contributed by atoms with van der Waals surface area (Å²) < 4.78 is 16.6. The minimum absolute atomic E-state index is 0.00586. The first-order valence-electron chi connectivity index (χ1n) is 10.7. The molecule has 4 rings (SSSR count). The molecule has 0 aliphatic heterocycles. The van der Waals surface area contributed by atoms with Crippen LogP contribution in [0.25, 0.3) is 22.1 Å². The highest BCUT2D eigenvalue weighted by atomic mass is 32.1. The van der Waals surface area contributed by atoms with E-state index in [1.54, 1.807) is 17.6 Å². The van der Waals surface area contributed by atoms with E-state index in [0.717, 1.165) is 38.1 Å². The van der Waals surface area contributed by atoms with Crippen molar-refractivity contribution in [3.8, 4) is 16.9 Å². The zero-order chi connectivity index (χ0) is 23.1. The molecule has 0 fully saturated rings. The summed E-state index contributed by atoms with van der Waals surface area (Å²) in [5, 5.41) is 3.12. The Kier molecular flexibility index (Phi) is 8.09. The lowest BCUT2D eigenvalue weighted by atomic mass is 10.0. The lowest BCUT2D eigenvalue weighted by Crippen LogP contribution is -2.06. The van der Waals surface area contributed by atoms with Crippen molar-refractivity contribution in [1.29, 1.82) is 0 Å². The maximum atomic E-state index is 11.7. The van der Waals surface area contributed by atoms with Crippen molar-refractivity contribution < 1.29 is 18.7 Å². The number of nitrogens with two attached hydrogens (primary N) is 1. The number of ether oxygens (including phenoxy) is 2. The topological polar surface area (TPSA) is 74.7 Å². The van der Waals surface area contributed by atoms with Crippen LogP contribution >= 0.6 is 11.3 Å². The van der Waals surface area contributed by atoms with E-state index in [4.69, 9.17) is 19.6 Å². The van der Waals surface area contributed by atoms with Crippen LogP contribution in [0.5, 0.6) is 5.75 Å². The zero-order valence-corrected chi connectivity index (χ0v) is 19.7. The Balaban J connectivity index is 0.00000141. The molecule has 1 atom stereocenters. The monoisotopic (exact) mass is 451 g/mol. The van der Waals surface area contributed by atoms with Crippen LogP contribution in [0.4, 0.5) is 0 Å². The van der Waals surface area contributed by atoms with Crippen LogP contribution in [0, 0.1) is 0 Å². The van der Waals surface area contributed by atoms with E-state index in [9.17, 15) is 4.79 Å². The lowest BCUT2D eigenvalue weighted by molar-refractivity contribution is -0.139. The highest BCUT2D eigenvalue weighted by molar-refractivity contribution is 7.10. The molecule has 1 unspecified atom stereocenters. The Morgan fingerprint density at radius 2 is 1.94 bits per heavy atom. The van der Waals surface area contributed by atoms with Crippen molar-refractivity contribution in [1.82, 2.24) is 0 Å². The van der Waals surface area contributed by atoms with E-state index in [1.165, 1.54) is 7.11 Å². The molecular weight excluding hydrogens is 422 g/mol. The number of hydrogen-bond acceptors (Lipinski definition) is 6. The Bertz CT molecular complexity index is 1180. The molecule has 2 aromatic heterocycles. The molecular formula is C26H29NO4S. The third-order valence-corrected chi connectivity index (χ3v) is 6.05. The van der Waals surface area contributed by atoms with Crippen molar-refractivity contribution in [3.63, 3.8) is 0 Å². The van der Waals surface area contributed by atoms with Crippen LogP contribution < -0.4 is 10.5 Å². The number of esters is 1. The average molecular weight is 452 g/mol. The van der Waals surface area contributed by atoms with E-state index in [-0.39, 0.29) is 18.4 Å². The first-order valence-corrected chi connectivity index (χ1v) is 11.5. The normalized spacial score (nSPS) is 11.5. The van der Waals surface area contributed by atoms with Crippen LogP contribution in [0.15, 0.2) is 64.6 Å². The van der Waals surface area contributed by atoms with Gasteiger partial charge in [-0.05, 0) is 53.8 Å². The largest absolute Gasteiger partial charge is 0.489 e. The minimum Gasteiger partial charge on any atom is -0.489 e. The van der Waals surface area contributed by atoms with E-state index in [2.05, 4.69) is 23.6 Å². The molecule has 0 aliphatic rings. The molecule has 6 heteroatoms. The van der Waals surface area contributed by atoms with E-state index < -0.39 is 0 Å². The number of benzene rings is 2. The standard InChI is InChI=1S/C24H23NO4S.C2H6/c1-15(25)22-11-19(14-30-22)20-10-16(9-18-7-8-28-24(18)20)13-29-21-6-4-3-5-17(21)12-23(26)27-2;1-2/h3-11,14-15H,12-13,25H2,1-2H3;1-2H3. The van der Waals surface area contributed by atoms with Crippen molar-refractivity contribution in [2.75, 3.05) is 7.11 Å². The maximum absolute atomic E-state index is 11.7. The number of para-hydroxylation sites is 1. The zero-order valence-electron chi connectivity index (χ0n) is 18.9. The second-order valence-electron chi connectivity index (χ2n) is 7.16. The van der Waals surface area contributed by atoms with Gasteiger partial charge in [0.05, 0.1) is 19.8 Å². The third-order valence-electron chi connectivity index (χ3n) is 4.92. The fourth-order valence-corrected chi connectivity index (χ4v) is 4.22. The molecule has 0 saturated carbocycles. The Labute approximate surface area is 192 Å². The molecule has 32 heavy (non-hydrogen) atoms. The third kappa shape index (κ3) is 5.39. The van der Waals surface area contributed by atoms with Gasteiger partial charge in [-0.15, -0.1) is 11.3 Å². The number of carbonyl (C=O) groups excluding carboxylic acids is 1. The summed E-state index contributed by atoms with van der Waals surface area (Å²) in [5.74, 6) is 0.377. The molecule has 2 N–H and O–H groups in total. The molecule has 0 spiro atoms. The number of rotatable bonds is 7. The van der Waals surface area contributed by atoms with Crippen molar-refractivity contribution in [2.45, 2.75) is 39.8 Å². The number of carbonyl (C=O) groups is 1. The summed E-state index contributed by atoms with van der Waals surface area (Å²) in [4.78, 5) is 12.8. The predicted octanol–water partition coefficient (Wildman–Crippen LogP) is 6.50. The molecule has 0 saturated heterocycles. The second-order valence-corrected chi connectivity index (χ2v) is 8.10. The van der Waals surface area contributed by atoms with Gasteiger partial charge in [-0.2, -0.15) is 0 Å². The number of furan rings is 1. The molecule has 2 aromatic carbocycles. The molecule has 0 radical (unpaired) electrons. The summed E-state index contributed by atoms with van der Waals surface area (Å²) in [5.41, 5.74) is 10.8. The van der Waals surface area contributed by atoms with Gasteiger partial charge in [0.15, 0.2) is 0 Å². The predicted molar refractivity (Wildman–Crippen MR) is 130 cm³/mol. The van der Waals surface area contributed by atoms with Gasteiger partial charge in [-0.25, -0.2) is 0 Å². The Morgan fingerprint density at radius 3 is 2.66 bits per heavy atom. The van der Waals surface area contributed by atoms with Gasteiger partial charge in [0.2, 0.25) is 0 Å². The fraction of sp³-hybridized carbons (Fsp3) is 0.269. The molecule has 0 bridgehead atoms.